The second-order valence-electron chi connectivity index (χ2n) is 4.46. The number of nitrogens with zero attached hydrogens (tertiary/aromatic N) is 1. The zero-order chi connectivity index (χ0) is 15.3. The van der Waals surface area contributed by atoms with Gasteiger partial charge in [-0.25, -0.2) is 13.1 Å². The Hall–Kier alpha value is -2.19. The molecule has 2 rings (SSSR count). The molecule has 1 aromatic heterocycles. The van der Waals surface area contributed by atoms with Gasteiger partial charge in [-0.05, 0) is 23.8 Å². The van der Waals surface area contributed by atoms with Crippen molar-refractivity contribution < 1.29 is 13.2 Å². The highest BCUT2D eigenvalue weighted by atomic mass is 32.2. The van der Waals surface area contributed by atoms with Gasteiger partial charge in [-0.15, -0.1) is 0 Å². The van der Waals surface area contributed by atoms with E-state index in [0.29, 0.717) is 12.2 Å². The fourth-order valence-corrected chi connectivity index (χ4v) is 2.66. The predicted molar refractivity (Wildman–Crippen MR) is 76.6 cm³/mol. The molecule has 0 atom stereocenters. The van der Waals surface area contributed by atoms with Crippen molar-refractivity contribution in [1.29, 1.82) is 0 Å². The van der Waals surface area contributed by atoms with Gasteiger partial charge >= 0.3 is 0 Å². The summed E-state index contributed by atoms with van der Waals surface area (Å²) in [6, 6.07) is 8.04. The van der Waals surface area contributed by atoms with Crippen LogP contribution in [0, 0.1) is 0 Å². The lowest BCUT2D eigenvalue weighted by molar-refractivity contribution is -0.119. The van der Waals surface area contributed by atoms with Gasteiger partial charge in [-0.1, -0.05) is 12.1 Å². The topological polar surface area (TPSA) is 104 Å². The van der Waals surface area contributed by atoms with E-state index in [9.17, 15) is 13.2 Å². The van der Waals surface area contributed by atoms with E-state index in [1.165, 1.54) is 19.1 Å². The monoisotopic (exact) mass is 308 g/mol. The number of hydrogen-bond acceptors (Lipinski definition) is 4. The summed E-state index contributed by atoms with van der Waals surface area (Å²) >= 11 is 0. The van der Waals surface area contributed by atoms with Crippen LogP contribution in [-0.2, 0) is 27.9 Å². The summed E-state index contributed by atoms with van der Waals surface area (Å²) in [4.78, 5) is 11.0. The maximum atomic E-state index is 12.1. The first-order valence-electron chi connectivity index (χ1n) is 6.29. The van der Waals surface area contributed by atoms with Crippen molar-refractivity contribution in [1.82, 2.24) is 20.2 Å². The van der Waals surface area contributed by atoms with E-state index < -0.39 is 10.0 Å². The number of rotatable bonds is 6. The van der Waals surface area contributed by atoms with Crippen LogP contribution in [0.25, 0.3) is 0 Å². The minimum atomic E-state index is -3.57. The van der Waals surface area contributed by atoms with Crippen molar-refractivity contribution in [2.75, 3.05) is 0 Å². The molecular weight excluding hydrogens is 292 g/mol. The molecule has 0 fully saturated rings. The minimum absolute atomic E-state index is 0.132. The van der Waals surface area contributed by atoms with E-state index in [-0.39, 0.29) is 17.3 Å². The number of carbonyl (C=O) groups excluding carboxylic acids is 1. The third-order valence-electron chi connectivity index (χ3n) is 2.79. The number of carbonyl (C=O) groups is 1. The van der Waals surface area contributed by atoms with Gasteiger partial charge in [-0.3, -0.25) is 9.89 Å². The minimum Gasteiger partial charge on any atom is -0.352 e. The SMILES string of the molecule is CC(=O)NCc1ccc(S(=O)(=O)NCc2ccn[nH]2)cc1. The number of benzene rings is 1. The van der Waals surface area contributed by atoms with Gasteiger partial charge < -0.3 is 5.32 Å². The van der Waals surface area contributed by atoms with E-state index in [0.717, 1.165) is 5.56 Å². The van der Waals surface area contributed by atoms with Crippen LogP contribution < -0.4 is 10.0 Å². The Balaban J connectivity index is 2.01. The van der Waals surface area contributed by atoms with E-state index >= 15 is 0 Å². The zero-order valence-corrected chi connectivity index (χ0v) is 12.3. The average molecular weight is 308 g/mol. The normalized spacial score (nSPS) is 11.3. The summed E-state index contributed by atoms with van der Waals surface area (Å²) in [5.41, 5.74) is 1.51. The van der Waals surface area contributed by atoms with Crippen LogP contribution in [0.5, 0.6) is 0 Å². The van der Waals surface area contributed by atoms with E-state index in [4.69, 9.17) is 0 Å². The molecule has 0 radical (unpaired) electrons. The number of sulfonamides is 1. The van der Waals surface area contributed by atoms with E-state index in [1.54, 1.807) is 24.4 Å². The summed E-state index contributed by atoms with van der Waals surface area (Å²) in [6.45, 7) is 1.95. The zero-order valence-electron chi connectivity index (χ0n) is 11.5. The number of H-pyrrole nitrogens is 1. The Labute approximate surface area is 122 Å². The van der Waals surface area contributed by atoms with Gasteiger partial charge in [0.05, 0.1) is 17.1 Å². The molecule has 1 heterocycles. The van der Waals surface area contributed by atoms with Crippen molar-refractivity contribution >= 4 is 15.9 Å². The third kappa shape index (κ3) is 4.40. The molecule has 0 bridgehead atoms. The standard InChI is InChI=1S/C13H16N4O3S/c1-10(18)14-8-11-2-4-13(5-3-11)21(19,20)16-9-12-6-7-15-17-12/h2-7,16H,8-9H2,1H3,(H,14,18)(H,15,17). The molecule has 0 saturated heterocycles. The Morgan fingerprint density at radius 2 is 1.90 bits per heavy atom. The Morgan fingerprint density at radius 1 is 1.19 bits per heavy atom. The second kappa shape index (κ2) is 6.51. The lowest BCUT2D eigenvalue weighted by Gasteiger charge is -2.07. The molecule has 0 aliphatic carbocycles. The van der Waals surface area contributed by atoms with Crippen LogP contribution in [0.4, 0.5) is 0 Å². The number of aromatic nitrogens is 2. The number of nitrogens with one attached hydrogen (secondary N) is 3. The van der Waals surface area contributed by atoms with Gasteiger partial charge in [0.2, 0.25) is 15.9 Å². The summed E-state index contributed by atoms with van der Waals surface area (Å²) in [5, 5.41) is 9.08. The molecule has 0 aliphatic heterocycles. The molecule has 0 saturated carbocycles. The smallest absolute Gasteiger partial charge is 0.240 e. The molecule has 112 valence electrons. The average Bonchev–Trinajstić information content (AvgIpc) is 2.97. The molecule has 8 heteroatoms. The van der Waals surface area contributed by atoms with Gasteiger partial charge in [-0.2, -0.15) is 5.10 Å². The summed E-state index contributed by atoms with van der Waals surface area (Å²) in [5.74, 6) is -0.132. The van der Waals surface area contributed by atoms with E-state index in [1.807, 2.05) is 0 Å². The van der Waals surface area contributed by atoms with Crippen LogP contribution in [0.1, 0.15) is 18.2 Å². The predicted octanol–water partition coefficient (Wildman–Crippen LogP) is 0.524. The molecule has 21 heavy (non-hydrogen) atoms. The van der Waals surface area contributed by atoms with Crippen LogP contribution >= 0.6 is 0 Å². The first kappa shape index (κ1) is 15.2. The molecule has 0 aliphatic rings. The van der Waals surface area contributed by atoms with Crippen molar-refractivity contribution in [3.8, 4) is 0 Å². The molecule has 1 aromatic carbocycles. The van der Waals surface area contributed by atoms with Crippen LogP contribution in [0.3, 0.4) is 0 Å². The quantitative estimate of drug-likeness (QED) is 0.724. The second-order valence-corrected chi connectivity index (χ2v) is 6.23. The van der Waals surface area contributed by atoms with Crippen molar-refractivity contribution in [2.24, 2.45) is 0 Å². The first-order valence-corrected chi connectivity index (χ1v) is 7.77. The Kier molecular flexibility index (Phi) is 4.71. The number of hydrogen-bond donors (Lipinski definition) is 3. The summed E-state index contributed by atoms with van der Waals surface area (Å²) < 4.78 is 26.7. The third-order valence-corrected chi connectivity index (χ3v) is 4.20. The van der Waals surface area contributed by atoms with Gasteiger partial charge in [0.1, 0.15) is 0 Å². The summed E-state index contributed by atoms with van der Waals surface area (Å²) in [6.07, 6.45) is 1.56. The Bertz CT molecular complexity index is 694. The highest BCUT2D eigenvalue weighted by Crippen LogP contribution is 2.11. The largest absolute Gasteiger partial charge is 0.352 e. The lowest BCUT2D eigenvalue weighted by atomic mass is 10.2. The highest BCUT2D eigenvalue weighted by Gasteiger charge is 2.13. The van der Waals surface area contributed by atoms with Crippen LogP contribution in [0.2, 0.25) is 0 Å². The van der Waals surface area contributed by atoms with Crippen LogP contribution in [-0.4, -0.2) is 24.5 Å². The number of amides is 1. The molecule has 1 amide bonds. The highest BCUT2D eigenvalue weighted by molar-refractivity contribution is 7.89. The van der Waals surface area contributed by atoms with Crippen molar-refractivity contribution in [3.05, 3.63) is 47.8 Å². The Morgan fingerprint density at radius 3 is 2.48 bits per heavy atom. The van der Waals surface area contributed by atoms with E-state index in [2.05, 4.69) is 20.2 Å². The van der Waals surface area contributed by atoms with Crippen molar-refractivity contribution in [2.45, 2.75) is 24.9 Å². The maximum Gasteiger partial charge on any atom is 0.240 e. The molecule has 2 aromatic rings. The fourth-order valence-electron chi connectivity index (χ4n) is 1.65. The molecule has 0 unspecified atom stereocenters. The lowest BCUT2D eigenvalue weighted by Crippen LogP contribution is -2.23. The fraction of sp³-hybridized carbons (Fsp3) is 0.231. The van der Waals surface area contributed by atoms with Gasteiger partial charge in [0.25, 0.3) is 0 Å². The van der Waals surface area contributed by atoms with Gasteiger partial charge in [0.15, 0.2) is 0 Å². The molecule has 3 N–H and O–H groups in total. The number of aromatic amines is 1. The van der Waals surface area contributed by atoms with Gasteiger partial charge in [0, 0.05) is 19.7 Å². The molecule has 0 spiro atoms. The van der Waals surface area contributed by atoms with Crippen LogP contribution in [0.15, 0.2) is 41.4 Å². The summed E-state index contributed by atoms with van der Waals surface area (Å²) in [7, 11) is -3.57. The molecule has 7 nitrogen and oxygen atoms in total. The maximum absolute atomic E-state index is 12.1. The molecular formula is C13H16N4O3S. The van der Waals surface area contributed by atoms with Crippen molar-refractivity contribution in [3.63, 3.8) is 0 Å². The first-order chi connectivity index (χ1) is 9.97.